The van der Waals surface area contributed by atoms with Crippen LogP contribution in [-0.2, 0) is 10.9 Å². The number of benzene rings is 1. The highest BCUT2D eigenvalue weighted by molar-refractivity contribution is 5.96. The molecule has 0 radical (unpaired) electrons. The van der Waals surface area contributed by atoms with E-state index >= 15 is 0 Å². The van der Waals surface area contributed by atoms with Gasteiger partial charge in [0.05, 0.1) is 42.9 Å². The molecule has 1 spiro atoms. The highest BCUT2D eigenvalue weighted by atomic mass is 19.4. The van der Waals surface area contributed by atoms with Gasteiger partial charge in [0, 0.05) is 27.3 Å². The average Bonchev–Trinajstić information content (AvgIpc) is 3.45. The Morgan fingerprint density at radius 2 is 1.89 bits per heavy atom. The minimum Gasteiger partial charge on any atom is -0.376 e. The molecule has 1 N–H and O–H groups in total. The van der Waals surface area contributed by atoms with E-state index in [2.05, 4.69) is 20.3 Å². The van der Waals surface area contributed by atoms with Gasteiger partial charge < -0.3 is 19.5 Å². The average molecular weight is 532 g/mol. The minimum atomic E-state index is -4.41. The Morgan fingerprint density at radius 1 is 1.18 bits per heavy atom. The molecule has 2 amide bonds. The molecule has 0 saturated carbocycles. The largest absolute Gasteiger partial charge is 0.416 e. The molecule has 2 saturated heterocycles. The lowest BCUT2D eigenvalue weighted by Gasteiger charge is -2.48. The van der Waals surface area contributed by atoms with Crippen molar-refractivity contribution in [1.82, 2.24) is 24.4 Å². The number of nitrogens with zero attached hydrogens (tertiary/aromatic N) is 6. The van der Waals surface area contributed by atoms with E-state index in [0.717, 1.165) is 12.1 Å². The van der Waals surface area contributed by atoms with E-state index in [9.17, 15) is 18.0 Å². The van der Waals surface area contributed by atoms with Crippen LogP contribution in [0.1, 0.15) is 47.7 Å². The zero-order valence-electron chi connectivity index (χ0n) is 23.4. The van der Waals surface area contributed by atoms with Gasteiger partial charge >= 0.3 is 12.2 Å². The fourth-order valence-corrected chi connectivity index (χ4v) is 5.22. The summed E-state index contributed by atoms with van der Waals surface area (Å²) in [5.41, 5.74) is -0.407. The normalized spacial score (nSPS) is 20.9. The first-order chi connectivity index (χ1) is 18.7. The predicted octanol–water partition coefficient (Wildman–Crippen LogP) is 4.91. The summed E-state index contributed by atoms with van der Waals surface area (Å²) in [5.74, 6) is 0.558. The molecule has 2 fully saturated rings. The summed E-state index contributed by atoms with van der Waals surface area (Å²) in [6.07, 6.45) is 0.324. The first-order valence-electron chi connectivity index (χ1n) is 13.2. The molecule has 9 nitrogen and oxygen atoms in total. The second kappa shape index (κ2) is 9.57. The lowest BCUT2D eigenvalue weighted by Crippen LogP contribution is -2.66. The van der Waals surface area contributed by atoms with Crippen LogP contribution in [0.15, 0.2) is 49.1 Å². The summed E-state index contributed by atoms with van der Waals surface area (Å²) < 4.78 is 62.5. The molecule has 2 aliphatic heterocycles. The van der Waals surface area contributed by atoms with Crippen molar-refractivity contribution in [1.29, 1.82) is 0 Å². The zero-order valence-corrected chi connectivity index (χ0v) is 21.4. The Kier molecular flexibility index (Phi) is 5.91. The highest BCUT2D eigenvalue weighted by Gasteiger charge is 2.62. The molecule has 1 aromatic carbocycles. The molecule has 5 rings (SSSR count). The van der Waals surface area contributed by atoms with Crippen LogP contribution in [0.2, 0.25) is 0 Å². The van der Waals surface area contributed by atoms with Crippen molar-refractivity contribution in [2.45, 2.75) is 51.5 Å². The van der Waals surface area contributed by atoms with Crippen LogP contribution in [0, 0.1) is 5.92 Å². The smallest absolute Gasteiger partial charge is 0.376 e. The lowest BCUT2D eigenvalue weighted by atomic mass is 9.81. The third kappa shape index (κ3) is 4.36. The zero-order chi connectivity index (χ0) is 29.0. The number of likely N-dealkylation sites (N-methyl/N-ethyl adjacent to an activating group) is 1. The SMILES string of the molecule is [2H]C([2H])(C)N1C(=O)N(c2ccnc(N[C@@H](C)c3cn(-c4ccc(C(F)(F)F)cc4)cn3)n2)[C@@H](C(C)C)C12COC2. The number of alkyl halides is 3. The molecule has 0 unspecified atom stereocenters. The molecular formula is C26H30F3N7O2. The number of imidazole rings is 1. The van der Waals surface area contributed by atoms with Gasteiger partial charge in [-0.3, -0.25) is 4.90 Å². The van der Waals surface area contributed by atoms with E-state index in [4.69, 9.17) is 7.48 Å². The van der Waals surface area contributed by atoms with Gasteiger partial charge in [-0.25, -0.2) is 14.8 Å². The van der Waals surface area contributed by atoms with Crippen LogP contribution in [0.25, 0.3) is 5.69 Å². The van der Waals surface area contributed by atoms with E-state index in [1.165, 1.54) is 41.4 Å². The van der Waals surface area contributed by atoms with Crippen LogP contribution < -0.4 is 10.2 Å². The van der Waals surface area contributed by atoms with E-state index in [1.54, 1.807) is 16.8 Å². The molecule has 3 aromatic rings. The number of anilines is 2. The number of ether oxygens (including phenoxy) is 1. The maximum Gasteiger partial charge on any atom is 0.416 e. The van der Waals surface area contributed by atoms with Crippen molar-refractivity contribution in [2.24, 2.45) is 5.92 Å². The molecule has 202 valence electrons. The maximum atomic E-state index is 13.6. The predicted molar refractivity (Wildman–Crippen MR) is 135 cm³/mol. The number of hydrogen-bond acceptors (Lipinski definition) is 6. The molecule has 4 heterocycles. The molecular weight excluding hydrogens is 499 g/mol. The molecule has 12 heteroatoms. The Hall–Kier alpha value is -3.67. The maximum absolute atomic E-state index is 13.6. The van der Waals surface area contributed by atoms with Gasteiger partial charge in [0.15, 0.2) is 0 Å². The van der Waals surface area contributed by atoms with Gasteiger partial charge in [0.1, 0.15) is 11.4 Å². The number of rotatable bonds is 7. The summed E-state index contributed by atoms with van der Waals surface area (Å²) in [7, 11) is 0. The van der Waals surface area contributed by atoms with Gasteiger partial charge in [0.25, 0.3) is 0 Å². The number of nitrogens with one attached hydrogen (secondary N) is 1. The number of carbonyl (C=O) groups excluding carboxylic acids is 1. The van der Waals surface area contributed by atoms with Gasteiger partial charge in [-0.05, 0) is 50.1 Å². The number of aromatic nitrogens is 4. The third-order valence-corrected chi connectivity index (χ3v) is 7.00. The third-order valence-electron chi connectivity index (χ3n) is 7.00. The molecule has 2 atom stereocenters. The number of halogens is 3. The van der Waals surface area contributed by atoms with Gasteiger partial charge in [-0.1, -0.05) is 13.8 Å². The summed E-state index contributed by atoms with van der Waals surface area (Å²) >= 11 is 0. The van der Waals surface area contributed by atoms with Crippen LogP contribution in [0.3, 0.4) is 0 Å². The van der Waals surface area contributed by atoms with Crippen molar-refractivity contribution in [2.75, 3.05) is 29.9 Å². The van der Waals surface area contributed by atoms with Crippen molar-refractivity contribution >= 4 is 17.8 Å². The van der Waals surface area contributed by atoms with Gasteiger partial charge in [-0.15, -0.1) is 0 Å². The molecule has 0 bridgehead atoms. The Bertz CT molecular complexity index is 1390. The van der Waals surface area contributed by atoms with E-state index < -0.39 is 29.8 Å². The molecule has 2 aliphatic rings. The van der Waals surface area contributed by atoms with Crippen molar-refractivity contribution in [3.05, 3.63) is 60.3 Å². The second-order valence-corrected chi connectivity index (χ2v) is 9.85. The van der Waals surface area contributed by atoms with Crippen LogP contribution >= 0.6 is 0 Å². The van der Waals surface area contributed by atoms with Crippen LogP contribution in [0.4, 0.5) is 29.7 Å². The number of carbonyl (C=O) groups is 1. The fraction of sp³-hybridized carbons (Fsp3) is 0.462. The first kappa shape index (κ1) is 23.4. The van der Waals surface area contributed by atoms with Crippen LogP contribution in [0.5, 0.6) is 0 Å². The van der Waals surface area contributed by atoms with E-state index in [1.807, 2.05) is 20.8 Å². The second-order valence-electron chi connectivity index (χ2n) is 9.85. The quantitative estimate of drug-likeness (QED) is 0.466. The fourth-order valence-electron chi connectivity index (χ4n) is 5.22. The topological polar surface area (TPSA) is 88.4 Å². The standard InChI is InChI=1S/C26H30F3N7O2/c1-5-35-24(37)36(22(16(2)3)25(35)13-38-14-25)21-10-11-30-23(33-21)32-17(4)20-12-34(15-31-20)19-8-6-18(7-9-19)26(27,28)29/h6-12,15-17,22H,5,13-14H2,1-4H3,(H,30,32,33)/t17-,22-/m0/s1/i5D2. The minimum absolute atomic E-state index is 0.0142. The van der Waals surface area contributed by atoms with Crippen molar-refractivity contribution in [3.63, 3.8) is 0 Å². The highest BCUT2D eigenvalue weighted by Crippen LogP contribution is 2.43. The molecule has 38 heavy (non-hydrogen) atoms. The Balaban J connectivity index is 1.37. The summed E-state index contributed by atoms with van der Waals surface area (Å²) in [4.78, 5) is 29.7. The molecule has 2 aromatic heterocycles. The molecule has 0 aliphatic carbocycles. The van der Waals surface area contributed by atoms with Gasteiger partial charge in [0.2, 0.25) is 5.95 Å². The van der Waals surface area contributed by atoms with Crippen LogP contribution in [-0.4, -0.2) is 61.7 Å². The lowest BCUT2D eigenvalue weighted by molar-refractivity contribution is -0.137. The van der Waals surface area contributed by atoms with Crippen molar-refractivity contribution < 1.29 is 25.4 Å². The summed E-state index contributed by atoms with van der Waals surface area (Å²) in [5, 5.41) is 3.17. The van der Waals surface area contributed by atoms with Gasteiger partial charge in [-0.2, -0.15) is 18.2 Å². The summed E-state index contributed by atoms with van der Waals surface area (Å²) in [6.45, 7) is 5.73. The number of urea groups is 1. The Morgan fingerprint density at radius 3 is 2.47 bits per heavy atom. The first-order valence-corrected chi connectivity index (χ1v) is 12.2. The summed E-state index contributed by atoms with van der Waals surface area (Å²) in [6, 6.07) is 5.17. The number of hydrogen-bond donors (Lipinski definition) is 1. The Labute approximate surface area is 221 Å². The monoisotopic (exact) mass is 531 g/mol. The number of amides is 2. The van der Waals surface area contributed by atoms with E-state index in [-0.39, 0.29) is 37.2 Å². The van der Waals surface area contributed by atoms with Crippen molar-refractivity contribution in [3.8, 4) is 5.69 Å². The van der Waals surface area contributed by atoms with E-state index in [0.29, 0.717) is 17.2 Å².